The smallest absolute Gasteiger partial charge is 0.254 e. The average molecular weight is 447 g/mol. The van der Waals surface area contributed by atoms with Crippen molar-refractivity contribution in [3.05, 3.63) is 89.5 Å². The van der Waals surface area contributed by atoms with Crippen LogP contribution in [0.1, 0.15) is 41.3 Å². The van der Waals surface area contributed by atoms with Gasteiger partial charge in [-0.25, -0.2) is 0 Å². The van der Waals surface area contributed by atoms with E-state index in [1.807, 2.05) is 41.3 Å². The fourth-order valence-electron chi connectivity index (χ4n) is 3.75. The molecule has 0 radical (unpaired) electrons. The number of carbonyl (C=O) groups is 2. The van der Waals surface area contributed by atoms with Crippen LogP contribution in [0.2, 0.25) is 0 Å². The van der Waals surface area contributed by atoms with Crippen molar-refractivity contribution in [1.29, 1.82) is 0 Å². The van der Waals surface area contributed by atoms with Crippen LogP contribution in [0.4, 0.5) is 5.69 Å². The Hall–Kier alpha value is -3.80. The highest BCUT2D eigenvalue weighted by molar-refractivity contribution is 5.96. The molecule has 33 heavy (non-hydrogen) atoms. The molecule has 0 heterocycles. The van der Waals surface area contributed by atoms with Crippen molar-refractivity contribution in [3.63, 3.8) is 0 Å². The van der Waals surface area contributed by atoms with Crippen molar-refractivity contribution in [1.82, 2.24) is 4.90 Å². The summed E-state index contributed by atoms with van der Waals surface area (Å²) in [6.07, 6.45) is 0. The van der Waals surface area contributed by atoms with Gasteiger partial charge in [-0.1, -0.05) is 49.4 Å². The van der Waals surface area contributed by atoms with Gasteiger partial charge in [0.2, 0.25) is 5.91 Å². The fraction of sp³-hybridized carbons (Fsp3) is 0.259. The summed E-state index contributed by atoms with van der Waals surface area (Å²) in [4.78, 5) is 26.9. The maximum atomic E-state index is 13.6. The van der Waals surface area contributed by atoms with Crippen LogP contribution in [0, 0.1) is 0 Å². The van der Waals surface area contributed by atoms with Crippen LogP contribution in [0.5, 0.6) is 11.5 Å². The molecule has 3 rings (SSSR count). The molecular weight excluding hydrogens is 416 g/mol. The zero-order valence-electron chi connectivity index (χ0n) is 19.5. The minimum absolute atomic E-state index is 0.111. The summed E-state index contributed by atoms with van der Waals surface area (Å²) < 4.78 is 10.8. The van der Waals surface area contributed by atoms with Crippen LogP contribution >= 0.6 is 0 Å². The number of carbonyl (C=O) groups excluding carboxylic acids is 2. The van der Waals surface area contributed by atoms with E-state index in [1.165, 1.54) is 6.92 Å². The Morgan fingerprint density at radius 3 is 2.30 bits per heavy atom. The van der Waals surface area contributed by atoms with Crippen LogP contribution in [0.25, 0.3) is 0 Å². The molecule has 2 amide bonds. The molecule has 6 heteroatoms. The van der Waals surface area contributed by atoms with E-state index >= 15 is 0 Å². The third-order valence-electron chi connectivity index (χ3n) is 5.40. The lowest BCUT2D eigenvalue weighted by atomic mass is 10.00. The normalized spacial score (nSPS) is 11.4. The molecule has 0 spiro atoms. The molecule has 3 aromatic carbocycles. The van der Waals surface area contributed by atoms with Crippen molar-refractivity contribution in [3.8, 4) is 11.5 Å². The second kappa shape index (κ2) is 11.2. The molecule has 1 N–H and O–H groups in total. The lowest BCUT2D eigenvalue weighted by Gasteiger charge is -2.27. The topological polar surface area (TPSA) is 67.9 Å². The zero-order valence-corrected chi connectivity index (χ0v) is 19.5. The summed E-state index contributed by atoms with van der Waals surface area (Å²) in [6, 6.07) is 22.8. The third-order valence-corrected chi connectivity index (χ3v) is 5.40. The molecule has 172 valence electrons. The maximum absolute atomic E-state index is 13.6. The molecule has 0 aromatic heterocycles. The summed E-state index contributed by atoms with van der Waals surface area (Å²) in [5, 5.41) is 2.74. The molecule has 0 aliphatic rings. The van der Waals surface area contributed by atoms with E-state index in [0.717, 1.165) is 11.1 Å². The van der Waals surface area contributed by atoms with E-state index in [4.69, 9.17) is 9.47 Å². The van der Waals surface area contributed by atoms with E-state index in [2.05, 4.69) is 24.4 Å². The second-order valence-corrected chi connectivity index (χ2v) is 7.95. The summed E-state index contributed by atoms with van der Waals surface area (Å²) >= 11 is 0. The Morgan fingerprint density at radius 2 is 1.64 bits per heavy atom. The summed E-state index contributed by atoms with van der Waals surface area (Å²) in [6.45, 7) is 4.49. The first kappa shape index (κ1) is 23.9. The minimum Gasteiger partial charge on any atom is -0.493 e. The molecule has 3 aromatic rings. The zero-order chi connectivity index (χ0) is 23.8. The Balaban J connectivity index is 1.91. The minimum atomic E-state index is -0.181. The number of methoxy groups -OCH3 is 2. The van der Waals surface area contributed by atoms with Crippen LogP contribution in [-0.2, 0) is 11.3 Å². The van der Waals surface area contributed by atoms with Gasteiger partial charge in [0, 0.05) is 31.3 Å². The Bertz CT molecular complexity index is 1100. The predicted octanol–water partition coefficient (Wildman–Crippen LogP) is 5.11. The van der Waals surface area contributed by atoms with Crippen LogP contribution in [0.3, 0.4) is 0 Å². The number of anilines is 1. The summed E-state index contributed by atoms with van der Waals surface area (Å²) in [7, 11) is 3.19. The van der Waals surface area contributed by atoms with E-state index in [-0.39, 0.29) is 17.7 Å². The number of hydrogen-bond acceptors (Lipinski definition) is 4. The number of rotatable bonds is 9. The first-order valence-corrected chi connectivity index (χ1v) is 10.8. The van der Waals surface area contributed by atoms with Crippen molar-refractivity contribution in [2.75, 3.05) is 26.1 Å². The number of nitrogens with one attached hydrogen (secondary N) is 1. The van der Waals surface area contributed by atoms with Crippen molar-refractivity contribution >= 4 is 17.5 Å². The number of hydrogen-bond donors (Lipinski definition) is 1. The highest BCUT2D eigenvalue weighted by Crippen LogP contribution is 2.29. The standard InChI is InChI=1S/C27H30N2O4/c1-19(22-9-6-5-7-10-22)17-29(18-21-13-14-25(32-3)26(15-21)33-4)27(31)23-11-8-12-24(16-23)28-20(2)30/h5-16,19H,17-18H2,1-4H3,(H,28,30)/t19-/m0/s1. The van der Waals surface area contributed by atoms with Crippen molar-refractivity contribution in [2.45, 2.75) is 26.3 Å². The molecule has 0 saturated heterocycles. The van der Waals surface area contributed by atoms with E-state index < -0.39 is 0 Å². The van der Waals surface area contributed by atoms with Gasteiger partial charge in [0.05, 0.1) is 14.2 Å². The molecule has 0 aliphatic carbocycles. The lowest BCUT2D eigenvalue weighted by Crippen LogP contribution is -2.34. The maximum Gasteiger partial charge on any atom is 0.254 e. The molecule has 6 nitrogen and oxygen atoms in total. The van der Waals surface area contributed by atoms with Crippen molar-refractivity contribution in [2.24, 2.45) is 0 Å². The number of amides is 2. The van der Waals surface area contributed by atoms with Gasteiger partial charge in [-0.2, -0.15) is 0 Å². The quantitative estimate of drug-likeness (QED) is 0.496. The second-order valence-electron chi connectivity index (χ2n) is 7.95. The van der Waals surface area contributed by atoms with Gasteiger partial charge < -0.3 is 19.7 Å². The van der Waals surface area contributed by atoms with Gasteiger partial charge in [0.25, 0.3) is 5.91 Å². The molecular formula is C27H30N2O4. The average Bonchev–Trinajstić information content (AvgIpc) is 2.83. The van der Waals surface area contributed by atoms with E-state index in [9.17, 15) is 9.59 Å². The summed E-state index contributed by atoms with van der Waals surface area (Å²) in [5.41, 5.74) is 3.20. The van der Waals surface area contributed by atoms with Gasteiger partial charge in [0.1, 0.15) is 0 Å². The molecule has 0 aliphatic heterocycles. The van der Waals surface area contributed by atoms with E-state index in [1.54, 1.807) is 38.5 Å². The lowest BCUT2D eigenvalue weighted by molar-refractivity contribution is -0.114. The van der Waals surface area contributed by atoms with Gasteiger partial charge >= 0.3 is 0 Å². The predicted molar refractivity (Wildman–Crippen MR) is 130 cm³/mol. The molecule has 0 bridgehead atoms. The van der Waals surface area contributed by atoms with Crippen molar-refractivity contribution < 1.29 is 19.1 Å². The number of nitrogens with zero attached hydrogens (tertiary/aromatic N) is 1. The van der Waals surface area contributed by atoms with Crippen LogP contribution < -0.4 is 14.8 Å². The number of ether oxygens (including phenoxy) is 2. The molecule has 0 fully saturated rings. The largest absolute Gasteiger partial charge is 0.493 e. The monoisotopic (exact) mass is 446 g/mol. The first-order chi connectivity index (χ1) is 15.9. The fourth-order valence-corrected chi connectivity index (χ4v) is 3.75. The Kier molecular flexibility index (Phi) is 8.08. The first-order valence-electron chi connectivity index (χ1n) is 10.8. The molecule has 0 saturated carbocycles. The summed E-state index contributed by atoms with van der Waals surface area (Å²) in [5.74, 6) is 1.10. The molecule has 1 atom stereocenters. The third kappa shape index (κ3) is 6.35. The Morgan fingerprint density at radius 1 is 0.909 bits per heavy atom. The Labute approximate surface area is 195 Å². The highest BCUT2D eigenvalue weighted by atomic mass is 16.5. The van der Waals surface area contributed by atoms with Gasteiger partial charge in [-0.05, 0) is 47.4 Å². The number of benzene rings is 3. The van der Waals surface area contributed by atoms with Gasteiger partial charge in [-0.3, -0.25) is 9.59 Å². The van der Waals surface area contributed by atoms with E-state index in [0.29, 0.717) is 35.8 Å². The van der Waals surface area contributed by atoms with Crippen LogP contribution in [-0.4, -0.2) is 37.5 Å². The van der Waals surface area contributed by atoms with Crippen LogP contribution in [0.15, 0.2) is 72.8 Å². The SMILES string of the molecule is COc1ccc(CN(C[C@H](C)c2ccccc2)C(=O)c2cccc(NC(C)=O)c2)cc1OC. The highest BCUT2D eigenvalue weighted by Gasteiger charge is 2.21. The molecule has 0 unspecified atom stereocenters. The van der Waals surface area contributed by atoms with Gasteiger partial charge in [-0.15, -0.1) is 0 Å². The van der Waals surface area contributed by atoms with Gasteiger partial charge in [0.15, 0.2) is 11.5 Å².